The van der Waals surface area contributed by atoms with Gasteiger partial charge in [-0.25, -0.2) is 0 Å². The van der Waals surface area contributed by atoms with Crippen LogP contribution in [0.1, 0.15) is 5.76 Å². The number of hydrogen-bond donors (Lipinski definition) is 0. The Labute approximate surface area is 75.3 Å². The summed E-state index contributed by atoms with van der Waals surface area (Å²) in [6.07, 6.45) is 7.55. The summed E-state index contributed by atoms with van der Waals surface area (Å²) in [7, 11) is 0. The van der Waals surface area contributed by atoms with E-state index >= 15 is 0 Å². The van der Waals surface area contributed by atoms with Crippen LogP contribution in [0.15, 0.2) is 33.2 Å². The van der Waals surface area contributed by atoms with Gasteiger partial charge in [0, 0.05) is 0 Å². The zero-order chi connectivity index (χ0) is 7.52. The van der Waals surface area contributed by atoms with Crippen molar-refractivity contribution in [3.05, 3.63) is 34.6 Å². The Kier molecular flexibility index (Phi) is 2.07. The van der Waals surface area contributed by atoms with Crippen LogP contribution in [-0.4, -0.2) is 9.41 Å². The van der Waals surface area contributed by atoms with Gasteiger partial charge < -0.3 is 0 Å². The van der Waals surface area contributed by atoms with E-state index in [2.05, 4.69) is 21.2 Å². The van der Waals surface area contributed by atoms with Crippen LogP contribution in [0.25, 0.3) is 5.57 Å². The number of alkyl halides is 1. The SMILES string of the molecule is C1=CC(c2cnco2)=CC[I-]1. The van der Waals surface area contributed by atoms with Crippen LogP contribution in [-0.2, 0) is 0 Å². The Bertz CT molecular complexity index is 287. The van der Waals surface area contributed by atoms with E-state index in [9.17, 15) is 0 Å². The third-order valence-corrected chi connectivity index (χ3v) is 3.25. The third-order valence-electron chi connectivity index (χ3n) is 1.43. The molecule has 0 saturated carbocycles. The maximum absolute atomic E-state index is 5.15. The van der Waals surface area contributed by atoms with Crippen molar-refractivity contribution in [3.8, 4) is 0 Å². The van der Waals surface area contributed by atoms with Crippen LogP contribution in [0, 0.1) is 0 Å². The molecule has 0 amide bonds. The van der Waals surface area contributed by atoms with Crippen LogP contribution in [0.5, 0.6) is 0 Å². The Morgan fingerprint density at radius 3 is 3.18 bits per heavy atom. The summed E-state index contributed by atoms with van der Waals surface area (Å²) in [4.78, 5) is 3.86. The molecule has 11 heavy (non-hydrogen) atoms. The van der Waals surface area contributed by atoms with E-state index in [-0.39, 0.29) is 0 Å². The molecule has 3 heteroatoms. The topological polar surface area (TPSA) is 26.0 Å². The number of nitrogens with zero attached hydrogens (tertiary/aromatic N) is 1. The maximum atomic E-state index is 5.15. The minimum atomic E-state index is 0.291. The first kappa shape index (κ1) is 7.09. The van der Waals surface area contributed by atoms with E-state index in [1.807, 2.05) is 0 Å². The summed E-state index contributed by atoms with van der Waals surface area (Å²) in [5.41, 5.74) is 1.17. The number of halogens is 1. The Hall–Kier alpha value is -0.580. The fraction of sp³-hybridized carbons (Fsp3) is 0.125. The van der Waals surface area contributed by atoms with E-state index in [0.29, 0.717) is 21.2 Å². The molecular weight excluding hydrogens is 253 g/mol. The van der Waals surface area contributed by atoms with Gasteiger partial charge in [-0.3, -0.25) is 0 Å². The van der Waals surface area contributed by atoms with Gasteiger partial charge in [0.05, 0.1) is 0 Å². The van der Waals surface area contributed by atoms with Gasteiger partial charge in [0.15, 0.2) is 0 Å². The molecule has 0 spiro atoms. The quantitative estimate of drug-likeness (QED) is 0.462. The molecule has 1 aliphatic heterocycles. The molecule has 0 fully saturated rings. The van der Waals surface area contributed by atoms with Crippen LogP contribution >= 0.6 is 0 Å². The van der Waals surface area contributed by atoms with Gasteiger partial charge in [0.2, 0.25) is 0 Å². The van der Waals surface area contributed by atoms with Crippen LogP contribution in [0.4, 0.5) is 0 Å². The van der Waals surface area contributed by atoms with Crippen LogP contribution in [0.3, 0.4) is 0 Å². The summed E-state index contributed by atoms with van der Waals surface area (Å²) < 4.78 is 8.63. The second kappa shape index (κ2) is 3.21. The van der Waals surface area contributed by atoms with E-state index in [1.165, 1.54) is 16.4 Å². The van der Waals surface area contributed by atoms with E-state index in [0.717, 1.165) is 5.76 Å². The predicted molar refractivity (Wildman–Crippen MR) is 38.5 cm³/mol. The molecular formula is C8H7INO-. The minimum absolute atomic E-state index is 0.291. The van der Waals surface area contributed by atoms with Gasteiger partial charge in [0.25, 0.3) is 0 Å². The van der Waals surface area contributed by atoms with Crippen molar-refractivity contribution in [2.75, 3.05) is 4.43 Å². The zero-order valence-electron chi connectivity index (χ0n) is 5.83. The standard InChI is InChI=1S/C8H7INO/c1-3-9-4-2-7(1)8-5-10-6-11-8/h1-3,5-6H,4H2/q-1. The molecule has 2 rings (SSSR count). The summed E-state index contributed by atoms with van der Waals surface area (Å²) in [6.45, 7) is 0. The molecule has 0 unspecified atom stereocenters. The number of allylic oxidation sites excluding steroid dienone is 3. The first-order valence-electron chi connectivity index (χ1n) is 3.30. The van der Waals surface area contributed by atoms with Crippen molar-refractivity contribution in [3.63, 3.8) is 0 Å². The van der Waals surface area contributed by atoms with Gasteiger partial charge in [0.1, 0.15) is 0 Å². The van der Waals surface area contributed by atoms with Crippen LogP contribution < -0.4 is 21.2 Å². The Balaban J connectivity index is 2.29. The molecule has 2 heterocycles. The summed E-state index contributed by atoms with van der Waals surface area (Å²) in [6, 6.07) is 0. The summed E-state index contributed by atoms with van der Waals surface area (Å²) in [5.74, 6) is 0.880. The number of hydrogen-bond acceptors (Lipinski definition) is 2. The monoisotopic (exact) mass is 260 g/mol. The van der Waals surface area contributed by atoms with Gasteiger partial charge >= 0.3 is 75.2 Å². The molecule has 0 atom stereocenters. The van der Waals surface area contributed by atoms with Gasteiger partial charge in [-0.05, 0) is 0 Å². The van der Waals surface area contributed by atoms with Crippen molar-refractivity contribution in [1.82, 2.24) is 4.98 Å². The number of rotatable bonds is 1. The molecule has 0 aliphatic carbocycles. The fourth-order valence-electron chi connectivity index (χ4n) is 0.901. The van der Waals surface area contributed by atoms with Gasteiger partial charge in [-0.2, -0.15) is 0 Å². The molecule has 0 bridgehead atoms. The average molecular weight is 260 g/mol. The zero-order valence-corrected chi connectivity index (χ0v) is 7.98. The van der Waals surface area contributed by atoms with E-state index in [1.54, 1.807) is 6.20 Å². The van der Waals surface area contributed by atoms with Crippen molar-refractivity contribution in [1.29, 1.82) is 0 Å². The molecule has 0 radical (unpaired) electrons. The normalized spacial score (nSPS) is 17.3. The molecule has 1 aromatic heterocycles. The second-order valence-electron chi connectivity index (χ2n) is 2.13. The Morgan fingerprint density at radius 1 is 1.55 bits per heavy atom. The molecule has 0 N–H and O–H groups in total. The van der Waals surface area contributed by atoms with E-state index in [4.69, 9.17) is 4.42 Å². The summed E-state index contributed by atoms with van der Waals surface area (Å²) >= 11 is 0.291. The van der Waals surface area contributed by atoms with Crippen molar-refractivity contribution in [2.24, 2.45) is 0 Å². The average Bonchev–Trinajstić information content (AvgIpc) is 2.58. The second-order valence-corrected chi connectivity index (χ2v) is 4.61. The fourth-order valence-corrected chi connectivity index (χ4v) is 2.56. The van der Waals surface area contributed by atoms with Crippen molar-refractivity contribution < 1.29 is 25.6 Å². The molecule has 58 valence electrons. The number of oxazole rings is 1. The van der Waals surface area contributed by atoms with Crippen LogP contribution in [0.2, 0.25) is 0 Å². The molecule has 1 aliphatic rings. The van der Waals surface area contributed by atoms with Crippen molar-refractivity contribution >= 4 is 5.57 Å². The first-order chi connectivity index (χ1) is 5.47. The van der Waals surface area contributed by atoms with Crippen molar-refractivity contribution in [2.45, 2.75) is 0 Å². The van der Waals surface area contributed by atoms with Gasteiger partial charge in [-0.15, -0.1) is 0 Å². The summed E-state index contributed by atoms with van der Waals surface area (Å²) in [5, 5.41) is 0. The first-order valence-corrected chi connectivity index (χ1v) is 6.07. The van der Waals surface area contributed by atoms with E-state index < -0.39 is 0 Å². The number of aromatic nitrogens is 1. The predicted octanol–water partition coefficient (Wildman–Crippen LogP) is -1.33. The molecule has 1 aromatic rings. The van der Waals surface area contributed by atoms with Gasteiger partial charge in [-0.1, -0.05) is 0 Å². The molecule has 0 saturated heterocycles. The third kappa shape index (κ3) is 1.53. The molecule has 0 aromatic carbocycles. The Morgan fingerprint density at radius 2 is 2.55 bits per heavy atom. The molecule has 2 nitrogen and oxygen atoms in total.